The third-order valence-electron chi connectivity index (χ3n) is 0.328. The van der Waals surface area contributed by atoms with Crippen LogP contribution in [0.4, 0.5) is 0 Å². The fourth-order valence-corrected chi connectivity index (χ4v) is 0.151. The van der Waals surface area contributed by atoms with Gasteiger partial charge >= 0.3 is 5.97 Å². The van der Waals surface area contributed by atoms with Gasteiger partial charge in [-0.25, -0.2) is 0 Å². The van der Waals surface area contributed by atoms with Crippen LogP contribution in [0.2, 0.25) is 0 Å². The zero-order chi connectivity index (χ0) is 4.99. The van der Waals surface area contributed by atoms with Gasteiger partial charge in [-0.3, -0.25) is 4.79 Å². The molecule has 0 saturated carbocycles. The van der Waals surface area contributed by atoms with Crippen molar-refractivity contribution >= 4 is 5.97 Å². The molecule has 5 heteroatoms. The molecule has 0 unspecified atom stereocenters. The lowest BCUT2D eigenvalue weighted by atomic mass is 10.7. The molecule has 8 heavy (non-hydrogen) atoms. The van der Waals surface area contributed by atoms with Crippen LogP contribution in [0.3, 0.4) is 0 Å². The van der Waals surface area contributed by atoms with E-state index in [1.165, 1.54) is 0 Å². The van der Waals surface area contributed by atoms with Gasteiger partial charge in [-0.1, -0.05) is 0 Å². The van der Waals surface area contributed by atoms with Crippen molar-refractivity contribution in [3.8, 4) is 0 Å². The highest BCUT2D eigenvalue weighted by Gasteiger charge is 1.86. The van der Waals surface area contributed by atoms with E-state index in [2.05, 4.69) is 5.32 Å². The minimum atomic E-state index is -0.822. The highest BCUT2D eigenvalue weighted by Crippen LogP contribution is 1.50. The molecule has 0 atom stereocenters. The third-order valence-corrected chi connectivity index (χ3v) is 0.328. The average Bonchev–Trinajstić information content (AvgIpc) is 1.35. The van der Waals surface area contributed by atoms with Gasteiger partial charge in [0.05, 0.1) is 6.54 Å². The van der Waals surface area contributed by atoms with Crippen LogP contribution >= 0.6 is 0 Å². The first kappa shape index (κ1) is 15.7. The number of hydrogen-bond acceptors (Lipinski definition) is 2. The molecule has 0 aliphatic rings. The van der Waals surface area contributed by atoms with E-state index < -0.39 is 5.97 Å². The first-order valence-corrected chi connectivity index (χ1v) is 1.63. The van der Waals surface area contributed by atoms with Crippen molar-refractivity contribution in [2.45, 2.75) is 0 Å². The Hall–Kier alpha value is -0.650. The summed E-state index contributed by atoms with van der Waals surface area (Å²) in [4.78, 5) is 9.54. The van der Waals surface area contributed by atoms with Gasteiger partial charge in [0.25, 0.3) is 0 Å². The summed E-state index contributed by atoms with van der Waals surface area (Å²) < 4.78 is 0. The smallest absolute Gasteiger partial charge is 0.317 e. The number of rotatable bonds is 2. The first-order valence-electron chi connectivity index (χ1n) is 1.63. The van der Waals surface area contributed by atoms with E-state index in [0.717, 1.165) is 0 Å². The Balaban J connectivity index is -0.000000125. The number of nitrogens with one attached hydrogen (secondary N) is 1. The summed E-state index contributed by atoms with van der Waals surface area (Å²) in [5, 5.41) is 10.3. The van der Waals surface area contributed by atoms with Crippen LogP contribution in [0.15, 0.2) is 0 Å². The zero-order valence-corrected chi connectivity index (χ0v) is 4.56. The molecule has 0 saturated heterocycles. The maximum Gasteiger partial charge on any atom is 0.317 e. The van der Waals surface area contributed by atoms with E-state index in [4.69, 9.17) is 5.11 Å². The molecule has 0 aliphatic heterocycles. The van der Waals surface area contributed by atoms with E-state index >= 15 is 0 Å². The number of aliphatic carboxylic acids is 1. The largest absolute Gasteiger partial charge is 0.480 e. The first-order chi connectivity index (χ1) is 2.77. The summed E-state index contributed by atoms with van der Waals surface area (Å²) in [7, 11) is 1.59. The summed E-state index contributed by atoms with van der Waals surface area (Å²) >= 11 is 0. The van der Waals surface area contributed by atoms with Gasteiger partial charge in [-0.2, -0.15) is 0 Å². The van der Waals surface area contributed by atoms with Crippen molar-refractivity contribution in [1.29, 1.82) is 0 Å². The molecule has 0 fully saturated rings. The van der Waals surface area contributed by atoms with Crippen LogP contribution in [-0.4, -0.2) is 35.6 Å². The highest BCUT2D eigenvalue weighted by molar-refractivity contribution is 5.68. The maximum absolute atomic E-state index is 9.54. The lowest BCUT2D eigenvalue weighted by Gasteiger charge is -1.84. The molecule has 0 rings (SSSR count). The number of hydrogen-bond donors (Lipinski definition) is 2. The van der Waals surface area contributed by atoms with E-state index in [0.29, 0.717) is 0 Å². The Morgan fingerprint density at radius 2 is 2.00 bits per heavy atom. The number of carboxylic acid groups (broad SMARTS) is 1. The average molecular weight is 125 g/mol. The van der Waals surface area contributed by atoms with Crippen LogP contribution in [-0.2, 0) is 4.79 Å². The maximum atomic E-state index is 9.54. The van der Waals surface area contributed by atoms with Crippen LogP contribution in [0.5, 0.6) is 0 Å². The van der Waals surface area contributed by atoms with E-state index in [1.807, 2.05) is 0 Å². The summed E-state index contributed by atoms with van der Waals surface area (Å²) in [6, 6.07) is 0. The van der Waals surface area contributed by atoms with E-state index in [-0.39, 0.29) is 17.5 Å². The van der Waals surface area contributed by atoms with Gasteiger partial charge in [0.2, 0.25) is 0 Å². The fraction of sp³-hybridized carbons (Fsp3) is 0.667. The van der Waals surface area contributed by atoms with Crippen molar-refractivity contribution in [2.75, 3.05) is 13.6 Å². The van der Waals surface area contributed by atoms with Gasteiger partial charge in [-0.05, 0) is 7.05 Å². The second-order valence-corrected chi connectivity index (χ2v) is 0.924. The predicted molar refractivity (Wildman–Crippen MR) is 28.8 cm³/mol. The minimum Gasteiger partial charge on any atom is -0.480 e. The molecule has 6 N–H and O–H groups in total. The number of likely N-dealkylation sites (N-methyl/N-ethyl adjacent to an activating group) is 1. The molecule has 0 aromatic carbocycles. The SMILES string of the molecule is CNCC(=O)O.O.O. The zero-order valence-electron chi connectivity index (χ0n) is 4.56. The fourth-order valence-electron chi connectivity index (χ4n) is 0.151. The summed E-state index contributed by atoms with van der Waals surface area (Å²) in [5.74, 6) is -0.822. The van der Waals surface area contributed by atoms with Crippen molar-refractivity contribution in [2.24, 2.45) is 0 Å². The molecular formula is C3H11NO4. The van der Waals surface area contributed by atoms with E-state index in [9.17, 15) is 4.79 Å². The molecule has 0 aliphatic carbocycles. The Labute approximate surface area is 46.9 Å². The predicted octanol–water partition coefficient (Wildman–Crippen LogP) is -2.36. The Bertz CT molecular complexity index is 55.2. The second kappa shape index (κ2) is 9.61. The quantitative estimate of drug-likeness (QED) is 0.430. The van der Waals surface area contributed by atoms with Crippen molar-refractivity contribution in [3.05, 3.63) is 0 Å². The second-order valence-electron chi connectivity index (χ2n) is 0.924. The normalized spacial score (nSPS) is 6.12. The van der Waals surface area contributed by atoms with Crippen molar-refractivity contribution < 1.29 is 20.9 Å². The van der Waals surface area contributed by atoms with Crippen LogP contribution in [0, 0.1) is 0 Å². The Morgan fingerprint density at radius 3 is 2.00 bits per heavy atom. The van der Waals surface area contributed by atoms with Gasteiger partial charge in [-0.15, -0.1) is 0 Å². The molecule has 0 amide bonds. The molecule has 0 radical (unpaired) electrons. The molecule has 0 aromatic heterocycles. The Morgan fingerprint density at radius 1 is 1.62 bits per heavy atom. The Kier molecular flexibility index (Phi) is 18.8. The minimum absolute atomic E-state index is 0. The molecule has 0 aromatic rings. The van der Waals surface area contributed by atoms with Crippen LogP contribution < -0.4 is 5.32 Å². The molecule has 5 nitrogen and oxygen atoms in total. The van der Waals surface area contributed by atoms with Gasteiger partial charge in [0.15, 0.2) is 0 Å². The van der Waals surface area contributed by atoms with Crippen molar-refractivity contribution in [1.82, 2.24) is 5.32 Å². The molecule has 0 bridgehead atoms. The van der Waals surface area contributed by atoms with Crippen molar-refractivity contribution in [3.63, 3.8) is 0 Å². The molecular weight excluding hydrogens is 114 g/mol. The molecule has 0 spiro atoms. The topological polar surface area (TPSA) is 112 Å². The lowest BCUT2D eigenvalue weighted by Crippen LogP contribution is -2.16. The summed E-state index contributed by atoms with van der Waals surface area (Å²) in [6.07, 6.45) is 0. The van der Waals surface area contributed by atoms with Gasteiger partial charge in [0, 0.05) is 0 Å². The van der Waals surface area contributed by atoms with Crippen LogP contribution in [0.1, 0.15) is 0 Å². The summed E-state index contributed by atoms with van der Waals surface area (Å²) in [5.41, 5.74) is 0. The standard InChI is InChI=1S/C3H7NO2.2H2O/c1-4-2-3(5)6;;/h4H,2H2,1H3,(H,5,6);2*1H2. The third kappa shape index (κ3) is 18.3. The molecule has 52 valence electrons. The number of carbonyl (C=O) groups is 1. The van der Waals surface area contributed by atoms with Gasteiger partial charge < -0.3 is 21.4 Å². The van der Waals surface area contributed by atoms with Gasteiger partial charge in [0.1, 0.15) is 0 Å². The van der Waals surface area contributed by atoms with E-state index in [1.54, 1.807) is 7.05 Å². The highest BCUT2D eigenvalue weighted by atomic mass is 16.4. The number of carboxylic acids is 1. The molecule has 0 heterocycles. The monoisotopic (exact) mass is 125 g/mol. The lowest BCUT2D eigenvalue weighted by molar-refractivity contribution is -0.135. The summed E-state index contributed by atoms with van der Waals surface area (Å²) in [6.45, 7) is 0.0417. The van der Waals surface area contributed by atoms with Crippen LogP contribution in [0.25, 0.3) is 0 Å².